The zero-order valence-corrected chi connectivity index (χ0v) is 22.8. The number of thiol groups is 1. The highest BCUT2D eigenvalue weighted by Gasteiger charge is 2.56. The Kier molecular flexibility index (Phi) is 13.9. The minimum atomic E-state index is -2.57. The van der Waals surface area contributed by atoms with Gasteiger partial charge < -0.3 is 74.6 Å². The highest BCUT2D eigenvalue weighted by Crippen LogP contribution is 2.34. The van der Waals surface area contributed by atoms with Gasteiger partial charge in [-0.25, -0.2) is 4.79 Å². The van der Waals surface area contributed by atoms with E-state index in [0.29, 0.717) is 0 Å². The number of carbonyl (C=O) groups is 2. The van der Waals surface area contributed by atoms with Gasteiger partial charge in [-0.2, -0.15) is 12.6 Å². The Morgan fingerprint density at radius 3 is 2.35 bits per heavy atom. The first-order chi connectivity index (χ1) is 18.8. The van der Waals surface area contributed by atoms with Gasteiger partial charge in [0.1, 0.15) is 30.5 Å². The largest absolute Gasteiger partial charge is 0.477 e. The number of carboxylic acid groups (broad SMARTS) is 1. The summed E-state index contributed by atoms with van der Waals surface area (Å²) in [6.45, 7) is 0.532. The van der Waals surface area contributed by atoms with Gasteiger partial charge in [0.25, 0.3) is 5.79 Å². The van der Waals surface area contributed by atoms with Crippen molar-refractivity contribution in [3.8, 4) is 0 Å². The quantitative estimate of drug-likeness (QED) is 0.0620. The number of carboxylic acids is 1. The van der Waals surface area contributed by atoms with Crippen LogP contribution in [0.4, 0.5) is 0 Å². The molecule has 2 rings (SSSR count). The highest BCUT2D eigenvalue weighted by molar-refractivity contribution is 7.80. The van der Waals surface area contributed by atoms with E-state index < -0.39 is 112 Å². The molecule has 0 saturated carbocycles. The van der Waals surface area contributed by atoms with Crippen LogP contribution in [0.5, 0.6) is 0 Å². The Bertz CT molecular complexity index is 809. The molecule has 2 heterocycles. The molecule has 0 aromatic rings. The number of ether oxygens (including phenoxy) is 6. The van der Waals surface area contributed by atoms with Gasteiger partial charge in [-0.05, 0) is 6.92 Å². The maximum absolute atomic E-state index is 12.2. The minimum absolute atomic E-state index is 0.0218. The molecule has 40 heavy (non-hydrogen) atoms. The summed E-state index contributed by atoms with van der Waals surface area (Å²) in [4.78, 5) is 23.5. The zero-order valence-electron chi connectivity index (χ0n) is 21.9. The second-order valence-corrected chi connectivity index (χ2v) is 9.76. The van der Waals surface area contributed by atoms with E-state index in [1.165, 1.54) is 13.8 Å². The number of hydrogen-bond acceptors (Lipinski definition) is 16. The Morgan fingerprint density at radius 1 is 1.18 bits per heavy atom. The summed E-state index contributed by atoms with van der Waals surface area (Å²) in [6, 6.07) is -0.950. The van der Waals surface area contributed by atoms with E-state index in [9.17, 15) is 50.4 Å². The highest BCUT2D eigenvalue weighted by atomic mass is 32.1. The average Bonchev–Trinajstić information content (AvgIpc) is 2.89. The van der Waals surface area contributed by atoms with Crippen molar-refractivity contribution in [1.82, 2.24) is 5.32 Å². The lowest BCUT2D eigenvalue weighted by Crippen LogP contribution is -2.66. The second-order valence-electron chi connectivity index (χ2n) is 9.31. The van der Waals surface area contributed by atoms with Crippen molar-refractivity contribution in [2.45, 2.75) is 93.7 Å². The number of amides is 1. The fourth-order valence-corrected chi connectivity index (χ4v) is 4.26. The van der Waals surface area contributed by atoms with Crippen molar-refractivity contribution in [3.63, 3.8) is 0 Å². The third-order valence-corrected chi connectivity index (χ3v) is 6.46. The molecule has 234 valence electrons. The van der Waals surface area contributed by atoms with Crippen LogP contribution in [0, 0.1) is 0 Å². The fraction of sp³-hybridized carbons (Fsp3) is 0.909. The predicted molar refractivity (Wildman–Crippen MR) is 132 cm³/mol. The van der Waals surface area contributed by atoms with Crippen molar-refractivity contribution < 1.29 is 78.9 Å². The van der Waals surface area contributed by atoms with E-state index >= 15 is 0 Å². The number of nitrogens with one attached hydrogen (secondary N) is 1. The summed E-state index contributed by atoms with van der Waals surface area (Å²) in [5.74, 6) is -4.54. The molecule has 0 aromatic carbocycles. The summed E-state index contributed by atoms with van der Waals surface area (Å²) in [6.07, 6.45) is -16.9. The molecule has 2 aliphatic rings. The summed E-state index contributed by atoms with van der Waals surface area (Å²) in [5, 5.41) is 82.9. The van der Waals surface area contributed by atoms with Gasteiger partial charge >= 0.3 is 5.97 Å². The molecule has 0 aliphatic carbocycles. The smallest absolute Gasteiger partial charge is 0.364 e. The molecule has 8 unspecified atom stereocenters. The first-order valence-electron chi connectivity index (χ1n) is 12.4. The van der Waals surface area contributed by atoms with E-state index in [1.54, 1.807) is 0 Å². The van der Waals surface area contributed by atoms with E-state index in [4.69, 9.17) is 28.4 Å². The van der Waals surface area contributed by atoms with Gasteiger partial charge in [-0.15, -0.1) is 0 Å². The van der Waals surface area contributed by atoms with Crippen LogP contribution in [-0.4, -0.2) is 158 Å². The van der Waals surface area contributed by atoms with Gasteiger partial charge in [-0.3, -0.25) is 4.79 Å². The van der Waals surface area contributed by atoms with Gasteiger partial charge in [0.05, 0.1) is 44.7 Å². The Morgan fingerprint density at radius 2 is 1.85 bits per heavy atom. The standard InChI is InChI=1S/C22H39NO16S/c1-9(13(6-24)37-20(18(30)31)34-3-4-40)36-19-16(29)17(15(28)14(7-25)38-19)39-22(21(32)33)5-12(27)11(8-35-22)23-10(2)26/h9,11-20,24-25,27-31,40H,3-8H2,1-2H3,(H,23,26)(H,32,33)/t9-,11?,12+,13?,14?,15?,16?,17?,19?,20?,22-/m0/s1. The lowest BCUT2D eigenvalue weighted by molar-refractivity contribution is -0.365. The first-order valence-corrected chi connectivity index (χ1v) is 13.1. The summed E-state index contributed by atoms with van der Waals surface area (Å²) < 4.78 is 32.5. The normalized spacial score (nSPS) is 35.2. The van der Waals surface area contributed by atoms with Gasteiger partial charge in [-0.1, -0.05) is 0 Å². The molecule has 17 nitrogen and oxygen atoms in total. The molecule has 0 bridgehead atoms. The van der Waals surface area contributed by atoms with Crippen LogP contribution in [0.1, 0.15) is 20.3 Å². The molecule has 2 fully saturated rings. The Labute approximate surface area is 234 Å². The molecular weight excluding hydrogens is 566 g/mol. The molecule has 9 N–H and O–H groups in total. The van der Waals surface area contributed by atoms with Crippen LogP contribution in [0.2, 0.25) is 0 Å². The fourth-order valence-electron chi connectivity index (χ4n) is 4.16. The van der Waals surface area contributed by atoms with Crippen LogP contribution < -0.4 is 5.32 Å². The SMILES string of the molecule is CC(=O)NC1CO[C@@](OC2C(O)C(CO)OC(O[C@@H](C)C(CO)OC(OCCS)C(O)O)C2O)(C(=O)O)C[C@H]1O. The van der Waals surface area contributed by atoms with Crippen molar-refractivity contribution in [2.75, 3.05) is 32.2 Å². The molecular formula is C22H39NO16S. The Hall–Kier alpha value is -1.23. The van der Waals surface area contributed by atoms with E-state index in [-0.39, 0.29) is 12.4 Å². The molecule has 0 radical (unpaired) electrons. The van der Waals surface area contributed by atoms with Crippen molar-refractivity contribution in [1.29, 1.82) is 0 Å². The van der Waals surface area contributed by atoms with Crippen molar-refractivity contribution in [3.05, 3.63) is 0 Å². The number of rotatable bonds is 15. The van der Waals surface area contributed by atoms with Crippen LogP contribution in [0.3, 0.4) is 0 Å². The third kappa shape index (κ3) is 8.88. The lowest BCUT2D eigenvalue weighted by atomic mass is 9.95. The third-order valence-electron chi connectivity index (χ3n) is 6.28. The lowest BCUT2D eigenvalue weighted by Gasteiger charge is -2.47. The number of aliphatic hydroxyl groups excluding tert-OH is 6. The maximum atomic E-state index is 12.2. The Balaban J connectivity index is 2.21. The van der Waals surface area contributed by atoms with Gasteiger partial charge in [0, 0.05) is 19.1 Å². The van der Waals surface area contributed by atoms with Crippen LogP contribution in [0.25, 0.3) is 0 Å². The zero-order chi connectivity index (χ0) is 30.2. The number of aliphatic hydroxyl groups is 7. The van der Waals surface area contributed by atoms with Gasteiger partial charge in [0.15, 0.2) is 6.29 Å². The second kappa shape index (κ2) is 15.8. The van der Waals surface area contributed by atoms with Gasteiger partial charge in [0.2, 0.25) is 18.5 Å². The van der Waals surface area contributed by atoms with E-state index in [1.807, 2.05) is 0 Å². The molecule has 0 spiro atoms. The predicted octanol–water partition coefficient (Wildman–Crippen LogP) is -4.76. The molecule has 18 heteroatoms. The monoisotopic (exact) mass is 605 g/mol. The van der Waals surface area contributed by atoms with Crippen LogP contribution >= 0.6 is 12.6 Å². The maximum Gasteiger partial charge on any atom is 0.364 e. The number of aliphatic carboxylic acids is 1. The van der Waals surface area contributed by atoms with Crippen LogP contribution in [0.15, 0.2) is 0 Å². The van der Waals surface area contributed by atoms with Crippen molar-refractivity contribution in [2.24, 2.45) is 0 Å². The number of hydrogen-bond donors (Lipinski definition) is 10. The number of carbonyl (C=O) groups excluding carboxylic acids is 1. The average molecular weight is 606 g/mol. The van der Waals surface area contributed by atoms with Crippen LogP contribution in [-0.2, 0) is 38.0 Å². The van der Waals surface area contributed by atoms with Crippen molar-refractivity contribution >= 4 is 24.5 Å². The molecule has 1 amide bonds. The molecule has 2 saturated heterocycles. The minimum Gasteiger partial charge on any atom is -0.477 e. The summed E-state index contributed by atoms with van der Waals surface area (Å²) >= 11 is 3.95. The summed E-state index contributed by atoms with van der Waals surface area (Å²) in [7, 11) is 0. The summed E-state index contributed by atoms with van der Waals surface area (Å²) in [5.41, 5.74) is 0. The topological polar surface area (TPSA) is 263 Å². The van der Waals surface area contributed by atoms with E-state index in [0.717, 1.165) is 0 Å². The first kappa shape index (κ1) is 35.0. The molecule has 0 aromatic heterocycles. The molecule has 11 atom stereocenters. The molecule has 2 aliphatic heterocycles. The van der Waals surface area contributed by atoms with E-state index in [2.05, 4.69) is 17.9 Å².